The van der Waals surface area contributed by atoms with E-state index in [1.165, 1.54) is 36.1 Å². The Hall–Kier alpha value is -1.80. The van der Waals surface area contributed by atoms with Crippen LogP contribution >= 0.6 is 0 Å². The maximum absolute atomic E-state index is 5.19. The molecule has 1 saturated heterocycles. The summed E-state index contributed by atoms with van der Waals surface area (Å²) in [6.45, 7) is 1.18. The van der Waals surface area contributed by atoms with Crippen molar-refractivity contribution in [1.82, 2.24) is 5.32 Å². The molecule has 3 rings (SSSR count). The second-order valence-electron chi connectivity index (χ2n) is 5.42. The second-order valence-corrected chi connectivity index (χ2v) is 5.42. The number of ether oxygens (including phenoxy) is 1. The van der Waals surface area contributed by atoms with Gasteiger partial charge < -0.3 is 10.1 Å². The third kappa shape index (κ3) is 3.02. The summed E-state index contributed by atoms with van der Waals surface area (Å²) in [6, 6.07) is 17.8. The van der Waals surface area contributed by atoms with Gasteiger partial charge in [-0.05, 0) is 54.6 Å². The Balaban J connectivity index is 1.71. The summed E-state index contributed by atoms with van der Waals surface area (Å²) < 4.78 is 5.19. The third-order valence-electron chi connectivity index (χ3n) is 4.02. The van der Waals surface area contributed by atoms with Crippen molar-refractivity contribution in [1.29, 1.82) is 0 Å². The van der Waals surface area contributed by atoms with E-state index in [1.54, 1.807) is 7.11 Å². The normalized spacial score (nSPS) is 18.1. The molecule has 0 saturated carbocycles. The van der Waals surface area contributed by atoms with Crippen molar-refractivity contribution in [2.45, 2.75) is 25.3 Å². The van der Waals surface area contributed by atoms with Gasteiger partial charge in [0.15, 0.2) is 0 Å². The van der Waals surface area contributed by atoms with Crippen LogP contribution in [0.3, 0.4) is 0 Å². The maximum atomic E-state index is 5.19. The van der Waals surface area contributed by atoms with Gasteiger partial charge >= 0.3 is 0 Å². The van der Waals surface area contributed by atoms with Crippen LogP contribution in [0.25, 0.3) is 11.1 Å². The second kappa shape index (κ2) is 6.10. The molecule has 1 atom stereocenters. The molecule has 0 aromatic heterocycles. The quantitative estimate of drug-likeness (QED) is 0.913. The van der Waals surface area contributed by atoms with E-state index in [1.807, 2.05) is 12.1 Å². The molecular formula is C18H21NO. The van der Waals surface area contributed by atoms with Gasteiger partial charge in [0.1, 0.15) is 5.75 Å². The van der Waals surface area contributed by atoms with Gasteiger partial charge in [-0.25, -0.2) is 0 Å². The topological polar surface area (TPSA) is 21.3 Å². The highest BCUT2D eigenvalue weighted by atomic mass is 16.5. The van der Waals surface area contributed by atoms with E-state index in [4.69, 9.17) is 4.74 Å². The lowest BCUT2D eigenvalue weighted by Crippen LogP contribution is -2.23. The zero-order valence-electron chi connectivity index (χ0n) is 11.9. The molecular weight excluding hydrogens is 246 g/mol. The smallest absolute Gasteiger partial charge is 0.118 e. The van der Waals surface area contributed by atoms with Crippen molar-refractivity contribution in [2.24, 2.45) is 0 Å². The van der Waals surface area contributed by atoms with E-state index in [0.717, 1.165) is 12.2 Å². The summed E-state index contributed by atoms with van der Waals surface area (Å²) in [5.41, 5.74) is 3.91. The van der Waals surface area contributed by atoms with Gasteiger partial charge in [-0.3, -0.25) is 0 Å². The fraction of sp³-hybridized carbons (Fsp3) is 0.333. The SMILES string of the molecule is COc1ccc(-c2ccc(CC3CCCN3)cc2)cc1. The lowest BCUT2D eigenvalue weighted by atomic mass is 10.00. The van der Waals surface area contributed by atoms with Crippen LogP contribution in [-0.2, 0) is 6.42 Å². The predicted molar refractivity (Wildman–Crippen MR) is 83.2 cm³/mol. The first-order valence-electron chi connectivity index (χ1n) is 7.32. The number of benzene rings is 2. The van der Waals surface area contributed by atoms with Crippen molar-refractivity contribution < 1.29 is 4.74 Å². The van der Waals surface area contributed by atoms with E-state index in [2.05, 4.69) is 41.7 Å². The molecule has 1 aliphatic rings. The monoisotopic (exact) mass is 267 g/mol. The van der Waals surface area contributed by atoms with Gasteiger partial charge in [0.2, 0.25) is 0 Å². The molecule has 1 N–H and O–H groups in total. The van der Waals surface area contributed by atoms with Crippen LogP contribution in [0, 0.1) is 0 Å². The Bertz CT molecular complexity index is 539. The van der Waals surface area contributed by atoms with E-state index in [0.29, 0.717) is 6.04 Å². The van der Waals surface area contributed by atoms with Crippen molar-refractivity contribution >= 4 is 0 Å². The zero-order chi connectivity index (χ0) is 13.8. The van der Waals surface area contributed by atoms with Crippen LogP contribution in [0.4, 0.5) is 0 Å². The van der Waals surface area contributed by atoms with Crippen LogP contribution in [0.1, 0.15) is 18.4 Å². The minimum absolute atomic E-state index is 0.668. The Morgan fingerprint density at radius 2 is 1.65 bits per heavy atom. The van der Waals surface area contributed by atoms with Crippen LogP contribution in [0.5, 0.6) is 5.75 Å². The number of rotatable bonds is 4. The summed E-state index contributed by atoms with van der Waals surface area (Å²) in [4.78, 5) is 0. The Morgan fingerprint density at radius 1 is 1.00 bits per heavy atom. The highest BCUT2D eigenvalue weighted by Crippen LogP contribution is 2.23. The minimum Gasteiger partial charge on any atom is -0.497 e. The largest absolute Gasteiger partial charge is 0.497 e. The number of nitrogens with one attached hydrogen (secondary N) is 1. The summed E-state index contributed by atoms with van der Waals surface area (Å²) in [7, 11) is 1.70. The molecule has 1 unspecified atom stereocenters. The molecule has 2 aromatic carbocycles. The van der Waals surface area contributed by atoms with Crippen molar-refractivity contribution in [3.63, 3.8) is 0 Å². The van der Waals surface area contributed by atoms with Crippen LogP contribution in [0.15, 0.2) is 48.5 Å². The number of methoxy groups -OCH3 is 1. The highest BCUT2D eigenvalue weighted by molar-refractivity contribution is 5.64. The van der Waals surface area contributed by atoms with Gasteiger partial charge in [0.25, 0.3) is 0 Å². The van der Waals surface area contributed by atoms with E-state index in [9.17, 15) is 0 Å². The Morgan fingerprint density at radius 3 is 2.20 bits per heavy atom. The lowest BCUT2D eigenvalue weighted by Gasteiger charge is -2.10. The number of hydrogen-bond donors (Lipinski definition) is 1. The maximum Gasteiger partial charge on any atom is 0.118 e. The highest BCUT2D eigenvalue weighted by Gasteiger charge is 2.14. The van der Waals surface area contributed by atoms with Gasteiger partial charge in [0.05, 0.1) is 7.11 Å². The molecule has 20 heavy (non-hydrogen) atoms. The Kier molecular flexibility index (Phi) is 4.03. The molecule has 0 aliphatic carbocycles. The molecule has 1 fully saturated rings. The van der Waals surface area contributed by atoms with Crippen LogP contribution < -0.4 is 10.1 Å². The molecule has 2 nitrogen and oxygen atoms in total. The van der Waals surface area contributed by atoms with Crippen LogP contribution in [-0.4, -0.2) is 19.7 Å². The van der Waals surface area contributed by atoms with Gasteiger partial charge in [-0.1, -0.05) is 36.4 Å². The standard InChI is InChI=1S/C18H21NO/c1-20-18-10-8-16(9-11-18)15-6-4-14(5-7-15)13-17-3-2-12-19-17/h4-11,17,19H,2-3,12-13H2,1H3. The van der Waals surface area contributed by atoms with Gasteiger partial charge in [0, 0.05) is 6.04 Å². The first-order chi connectivity index (χ1) is 9.85. The van der Waals surface area contributed by atoms with Gasteiger partial charge in [-0.15, -0.1) is 0 Å². The van der Waals surface area contributed by atoms with E-state index < -0.39 is 0 Å². The predicted octanol–water partition coefficient (Wildman–Crippen LogP) is 3.66. The fourth-order valence-electron chi connectivity index (χ4n) is 2.83. The molecule has 0 radical (unpaired) electrons. The molecule has 2 aromatic rings. The minimum atomic E-state index is 0.668. The molecule has 2 heteroatoms. The fourth-order valence-corrected chi connectivity index (χ4v) is 2.83. The van der Waals surface area contributed by atoms with Crippen molar-refractivity contribution in [3.05, 3.63) is 54.1 Å². The average Bonchev–Trinajstić information content (AvgIpc) is 3.01. The first-order valence-corrected chi connectivity index (χ1v) is 7.32. The van der Waals surface area contributed by atoms with E-state index >= 15 is 0 Å². The Labute approximate surface area is 120 Å². The van der Waals surface area contributed by atoms with Gasteiger partial charge in [-0.2, -0.15) is 0 Å². The average molecular weight is 267 g/mol. The van der Waals surface area contributed by atoms with Crippen LogP contribution in [0.2, 0.25) is 0 Å². The van der Waals surface area contributed by atoms with Crippen molar-refractivity contribution in [2.75, 3.05) is 13.7 Å². The zero-order valence-corrected chi connectivity index (χ0v) is 11.9. The molecule has 104 valence electrons. The summed E-state index contributed by atoms with van der Waals surface area (Å²) in [5.74, 6) is 0.901. The van der Waals surface area contributed by atoms with E-state index in [-0.39, 0.29) is 0 Å². The first kappa shape index (κ1) is 13.2. The molecule has 0 amide bonds. The lowest BCUT2D eigenvalue weighted by molar-refractivity contribution is 0.415. The molecule has 1 heterocycles. The third-order valence-corrected chi connectivity index (χ3v) is 4.02. The summed E-state index contributed by atoms with van der Waals surface area (Å²) in [5, 5.41) is 3.55. The molecule has 1 aliphatic heterocycles. The summed E-state index contributed by atoms with van der Waals surface area (Å²) in [6.07, 6.45) is 3.76. The number of hydrogen-bond acceptors (Lipinski definition) is 2. The molecule has 0 bridgehead atoms. The summed E-state index contributed by atoms with van der Waals surface area (Å²) >= 11 is 0. The molecule has 0 spiro atoms. The van der Waals surface area contributed by atoms with Crippen molar-refractivity contribution in [3.8, 4) is 16.9 Å².